The Kier molecular flexibility index (Phi) is 12.4. The molecule has 43 heavy (non-hydrogen) atoms. The first kappa shape index (κ1) is 34.9. The molecule has 0 saturated carbocycles. The van der Waals surface area contributed by atoms with Crippen LogP contribution in [0.1, 0.15) is 83.2 Å². The van der Waals surface area contributed by atoms with Crippen molar-refractivity contribution in [1.82, 2.24) is 4.98 Å². The topological polar surface area (TPSA) is 118 Å². The van der Waals surface area contributed by atoms with Crippen LogP contribution in [0.3, 0.4) is 0 Å². The quantitative estimate of drug-likeness (QED) is 0.174. The normalized spacial score (nSPS) is 11.5. The van der Waals surface area contributed by atoms with Crippen molar-refractivity contribution in [1.29, 1.82) is 0 Å². The molecule has 0 atom stereocenters. The number of aromatic nitrogens is 1. The number of nitrogens with zero attached hydrogens (tertiary/aromatic N) is 3. The van der Waals surface area contributed by atoms with Crippen LogP contribution in [0.4, 0.5) is 11.4 Å². The molecule has 0 saturated heterocycles. The first-order chi connectivity index (χ1) is 19.8. The minimum Gasteiger partial charge on any atom is -0.545 e. The van der Waals surface area contributed by atoms with Gasteiger partial charge in [-0.3, -0.25) is 9.98 Å². The fourth-order valence-corrected chi connectivity index (χ4v) is 4.47. The van der Waals surface area contributed by atoms with Gasteiger partial charge in [0, 0.05) is 5.56 Å². The Balaban J connectivity index is 0.000000364. The fourth-order valence-electron chi connectivity index (χ4n) is 4.47. The van der Waals surface area contributed by atoms with E-state index in [9.17, 15) is 15.0 Å². The maximum absolute atomic E-state index is 10.7. The van der Waals surface area contributed by atoms with E-state index < -0.39 is 17.5 Å². The van der Waals surface area contributed by atoms with Crippen LogP contribution < -0.4 is 5.11 Å². The monoisotopic (exact) mass is 623 g/mol. The van der Waals surface area contributed by atoms with Crippen LogP contribution in [0, 0.1) is 27.7 Å². The molecule has 3 aromatic carbocycles. The molecule has 0 radical (unpaired) electrons. The van der Waals surface area contributed by atoms with Crippen molar-refractivity contribution in [3.05, 3.63) is 111 Å². The van der Waals surface area contributed by atoms with E-state index in [2.05, 4.69) is 64.1 Å². The number of carboxylic acid groups (broad SMARTS) is 1. The molecular weight excluding hydrogens is 585 g/mol. The van der Waals surface area contributed by atoms with Crippen molar-refractivity contribution in [2.45, 2.75) is 61.3 Å². The van der Waals surface area contributed by atoms with Gasteiger partial charge >= 0.3 is 16.8 Å². The number of pyridine rings is 1. The van der Waals surface area contributed by atoms with Crippen LogP contribution in [0.25, 0.3) is 0 Å². The molecule has 0 bridgehead atoms. The zero-order valence-corrected chi connectivity index (χ0v) is 26.9. The smallest absolute Gasteiger partial charge is 0.545 e. The van der Waals surface area contributed by atoms with Crippen molar-refractivity contribution in [3.63, 3.8) is 0 Å². The van der Waals surface area contributed by atoms with E-state index in [1.807, 2.05) is 32.0 Å². The molecule has 4 aromatic rings. The molecule has 2 N–H and O–H groups in total. The third-order valence-electron chi connectivity index (χ3n) is 6.79. The molecule has 0 aliphatic heterocycles. The van der Waals surface area contributed by atoms with Crippen LogP contribution in [0.2, 0.25) is 0 Å². The minimum atomic E-state index is -1.48. The number of phenols is 2. The van der Waals surface area contributed by atoms with Crippen molar-refractivity contribution in [2.24, 2.45) is 9.98 Å². The predicted octanol–water partition coefficient (Wildman–Crippen LogP) is 7.18. The molecule has 8 heteroatoms. The zero-order valence-electron chi connectivity index (χ0n) is 25.8. The molecule has 0 unspecified atom stereocenters. The van der Waals surface area contributed by atoms with Crippen molar-refractivity contribution < 1.29 is 36.9 Å². The second-order valence-electron chi connectivity index (χ2n) is 10.7. The number of aryl methyl sites for hydroxylation is 4. The Morgan fingerprint density at radius 2 is 1.23 bits per heavy atom. The molecule has 1 aromatic heterocycles. The molecule has 226 valence electrons. The Morgan fingerprint density at radius 1 is 0.767 bits per heavy atom. The summed E-state index contributed by atoms with van der Waals surface area (Å²) in [6.45, 7) is 15.9. The predicted molar refractivity (Wildman–Crippen MR) is 168 cm³/mol. The standard InChI is InChI=1S/C25H27N3.C10H12O4.Co/c1-16-10-12-22(18(3)14-16)26-20(5)24-8-7-9-25(28-24)21(6)27-23-13-11-17(2)15-19(23)4;1-5(2)6-3-4-7(11)9(12)8(6)10(13)14;/h7-15H,1-6H3;3-5,11-12H,1-2H3,(H,13,14);/q;;+1/p-1. The third-order valence-corrected chi connectivity index (χ3v) is 6.79. The SMILES string of the molecule is CC(=Nc1ccc(C)cc1C)c1cccc(C(C)=Nc2ccc(C)cc2C)n1.CC(C)c1ccc(O)c(O)c1C(=O)[O-].[Co+]. The Hall–Kier alpha value is -4.27. The molecular formula is C35H38CoN3O4. The van der Waals surface area contributed by atoms with Crippen LogP contribution in [0.5, 0.6) is 11.5 Å². The van der Waals surface area contributed by atoms with Crippen molar-refractivity contribution in [2.75, 3.05) is 0 Å². The first-order valence-corrected chi connectivity index (χ1v) is 13.8. The summed E-state index contributed by atoms with van der Waals surface area (Å²) in [4.78, 5) is 25.1. The van der Waals surface area contributed by atoms with Crippen LogP contribution >= 0.6 is 0 Å². The number of aliphatic imine (C=N–C) groups is 2. The number of aromatic hydroxyl groups is 2. The van der Waals surface area contributed by atoms with Gasteiger partial charge < -0.3 is 20.1 Å². The van der Waals surface area contributed by atoms with Crippen LogP contribution in [-0.4, -0.2) is 32.6 Å². The van der Waals surface area contributed by atoms with Gasteiger partial charge in [0.1, 0.15) is 0 Å². The number of carbonyl (C=O) groups is 1. The molecule has 4 rings (SSSR count). The molecule has 0 aliphatic rings. The number of hydrogen-bond acceptors (Lipinski definition) is 7. The van der Waals surface area contributed by atoms with Crippen LogP contribution in [-0.2, 0) is 16.8 Å². The Morgan fingerprint density at radius 3 is 1.63 bits per heavy atom. The number of benzene rings is 3. The van der Waals surface area contributed by atoms with Gasteiger partial charge in [0.05, 0.1) is 40.2 Å². The summed E-state index contributed by atoms with van der Waals surface area (Å²) >= 11 is 0. The molecule has 0 amide bonds. The summed E-state index contributed by atoms with van der Waals surface area (Å²) in [5.41, 5.74) is 10.4. The average molecular weight is 624 g/mol. The van der Waals surface area contributed by atoms with Crippen LogP contribution in [0.15, 0.2) is 76.7 Å². The van der Waals surface area contributed by atoms with E-state index in [0.717, 1.165) is 34.2 Å². The van der Waals surface area contributed by atoms with Crippen molar-refractivity contribution in [3.8, 4) is 11.5 Å². The number of phenolic OH excluding ortho intramolecular Hbond substituents is 1. The first-order valence-electron chi connectivity index (χ1n) is 13.8. The fraction of sp³-hybridized carbons (Fsp3) is 0.257. The average Bonchev–Trinajstić information content (AvgIpc) is 2.93. The van der Waals surface area contributed by atoms with Gasteiger partial charge in [-0.15, -0.1) is 0 Å². The summed E-state index contributed by atoms with van der Waals surface area (Å²) in [5, 5.41) is 29.2. The number of rotatable bonds is 6. The Bertz CT molecular complexity index is 1590. The zero-order chi connectivity index (χ0) is 31.1. The van der Waals surface area contributed by atoms with Gasteiger partial charge in [-0.1, -0.05) is 61.4 Å². The van der Waals surface area contributed by atoms with E-state index in [1.54, 1.807) is 13.8 Å². The molecule has 0 fully saturated rings. The summed E-state index contributed by atoms with van der Waals surface area (Å²) in [6, 6.07) is 21.3. The van der Waals surface area contributed by atoms with Gasteiger partial charge in [0.15, 0.2) is 11.5 Å². The summed E-state index contributed by atoms with van der Waals surface area (Å²) in [5.74, 6) is -2.62. The second-order valence-corrected chi connectivity index (χ2v) is 10.7. The minimum absolute atomic E-state index is 0. The van der Waals surface area contributed by atoms with Gasteiger partial charge in [0.2, 0.25) is 0 Å². The maximum Gasteiger partial charge on any atom is 1.00 e. The second kappa shape index (κ2) is 15.3. The Labute approximate surface area is 264 Å². The third kappa shape index (κ3) is 9.10. The summed E-state index contributed by atoms with van der Waals surface area (Å²) < 4.78 is 0. The number of hydrogen-bond donors (Lipinski definition) is 2. The number of carboxylic acids is 1. The summed E-state index contributed by atoms with van der Waals surface area (Å²) in [7, 11) is 0. The van der Waals surface area contributed by atoms with E-state index in [0.29, 0.717) is 5.56 Å². The summed E-state index contributed by atoms with van der Waals surface area (Å²) in [6.07, 6.45) is 0. The van der Waals surface area contributed by atoms with E-state index in [-0.39, 0.29) is 28.3 Å². The number of aromatic carboxylic acids is 1. The maximum atomic E-state index is 10.7. The van der Waals surface area contributed by atoms with Gasteiger partial charge in [-0.2, -0.15) is 0 Å². The molecule has 7 nitrogen and oxygen atoms in total. The van der Waals surface area contributed by atoms with E-state index >= 15 is 0 Å². The van der Waals surface area contributed by atoms with E-state index in [4.69, 9.17) is 20.1 Å². The van der Waals surface area contributed by atoms with Gasteiger partial charge in [-0.25, -0.2) is 4.98 Å². The molecule has 0 spiro atoms. The molecule has 0 aliphatic carbocycles. The van der Waals surface area contributed by atoms with Gasteiger partial charge in [0.25, 0.3) is 0 Å². The number of carbonyl (C=O) groups excluding carboxylic acids is 1. The van der Waals surface area contributed by atoms with Gasteiger partial charge in [-0.05, 0) is 94.5 Å². The largest absolute Gasteiger partial charge is 1.00 e. The van der Waals surface area contributed by atoms with E-state index in [1.165, 1.54) is 34.4 Å². The molecule has 1 heterocycles. The van der Waals surface area contributed by atoms with Crippen molar-refractivity contribution >= 4 is 28.8 Å².